The monoisotopic (exact) mass is 319 g/mol. The van der Waals surface area contributed by atoms with Crippen molar-refractivity contribution in [1.82, 2.24) is 9.97 Å². The van der Waals surface area contributed by atoms with Gasteiger partial charge in [0, 0.05) is 6.54 Å². The number of rotatable bonds is 2. The summed E-state index contributed by atoms with van der Waals surface area (Å²) in [5.74, 6) is 0.783. The molecule has 1 saturated heterocycles. The summed E-state index contributed by atoms with van der Waals surface area (Å²) >= 11 is 9.40. The largest absolute Gasteiger partial charge is 0.394 e. The lowest BCUT2D eigenvalue weighted by atomic mass is 10.1. The second-order valence-corrected chi connectivity index (χ2v) is 5.33. The quantitative estimate of drug-likeness (QED) is 0.851. The van der Waals surface area contributed by atoms with Crippen molar-refractivity contribution in [3.05, 3.63) is 16.0 Å². The summed E-state index contributed by atoms with van der Waals surface area (Å²) in [6.07, 6.45) is 5.92. The van der Waals surface area contributed by atoms with E-state index >= 15 is 0 Å². The molecule has 0 spiro atoms. The lowest BCUT2D eigenvalue weighted by Crippen LogP contribution is -2.38. The molecule has 2 rings (SSSR count). The highest BCUT2D eigenvalue weighted by Gasteiger charge is 2.24. The fraction of sp³-hybridized carbons (Fsp3) is 0.636. The van der Waals surface area contributed by atoms with Gasteiger partial charge in [-0.3, -0.25) is 0 Å². The summed E-state index contributed by atoms with van der Waals surface area (Å²) < 4.78 is 0.710. The summed E-state index contributed by atoms with van der Waals surface area (Å²) in [6, 6.07) is 0.125. The summed E-state index contributed by atoms with van der Waals surface area (Å²) in [6.45, 7) is 1.05. The molecular weight excluding hydrogens is 305 g/mol. The van der Waals surface area contributed by atoms with E-state index in [2.05, 4.69) is 30.8 Å². The van der Waals surface area contributed by atoms with E-state index < -0.39 is 0 Å². The van der Waals surface area contributed by atoms with Gasteiger partial charge in [0.1, 0.15) is 17.3 Å². The molecule has 0 aliphatic carbocycles. The van der Waals surface area contributed by atoms with Gasteiger partial charge in [-0.2, -0.15) is 0 Å². The zero-order chi connectivity index (χ0) is 12.3. The van der Waals surface area contributed by atoms with Crippen LogP contribution in [-0.4, -0.2) is 34.3 Å². The third-order valence-corrected chi connectivity index (χ3v) is 4.33. The van der Waals surface area contributed by atoms with Crippen molar-refractivity contribution in [1.29, 1.82) is 0 Å². The Labute approximate surface area is 114 Å². The van der Waals surface area contributed by atoms with Crippen LogP contribution in [0.3, 0.4) is 0 Å². The predicted molar refractivity (Wildman–Crippen MR) is 71.4 cm³/mol. The SMILES string of the molecule is OCC1CCCCCN1c1ncnc(Cl)c1Br. The summed E-state index contributed by atoms with van der Waals surface area (Å²) in [5.41, 5.74) is 0. The molecule has 0 bridgehead atoms. The molecule has 1 aliphatic heterocycles. The number of nitrogens with zero attached hydrogens (tertiary/aromatic N) is 3. The molecule has 0 aromatic carbocycles. The molecule has 6 heteroatoms. The van der Waals surface area contributed by atoms with Gasteiger partial charge in [0.25, 0.3) is 0 Å². The van der Waals surface area contributed by atoms with Gasteiger partial charge < -0.3 is 10.0 Å². The lowest BCUT2D eigenvalue weighted by Gasteiger charge is -2.30. The van der Waals surface area contributed by atoms with Crippen molar-refractivity contribution in [3.8, 4) is 0 Å². The van der Waals surface area contributed by atoms with E-state index in [1.54, 1.807) is 0 Å². The van der Waals surface area contributed by atoms with E-state index in [1.807, 2.05) is 0 Å². The molecule has 94 valence electrons. The van der Waals surface area contributed by atoms with Gasteiger partial charge in [-0.1, -0.05) is 24.4 Å². The molecular formula is C11H15BrClN3O. The van der Waals surface area contributed by atoms with Gasteiger partial charge in [-0.25, -0.2) is 9.97 Å². The number of aliphatic hydroxyl groups excluding tert-OH is 1. The molecule has 1 aromatic heterocycles. The minimum atomic E-state index is 0.125. The molecule has 0 saturated carbocycles. The van der Waals surface area contributed by atoms with Gasteiger partial charge in [0.05, 0.1) is 17.1 Å². The number of halogens is 2. The van der Waals surface area contributed by atoms with E-state index in [1.165, 1.54) is 12.7 Å². The van der Waals surface area contributed by atoms with Gasteiger partial charge in [-0.15, -0.1) is 0 Å². The van der Waals surface area contributed by atoms with Gasteiger partial charge in [0.15, 0.2) is 0 Å². The number of anilines is 1. The average Bonchev–Trinajstić information content (AvgIpc) is 2.57. The Kier molecular flexibility index (Phi) is 4.59. The van der Waals surface area contributed by atoms with Crippen molar-refractivity contribution in [3.63, 3.8) is 0 Å². The molecule has 1 atom stereocenters. The first-order chi connectivity index (χ1) is 8.24. The standard InChI is InChI=1S/C11H15BrClN3O/c12-9-10(13)14-7-15-11(9)16-5-3-1-2-4-8(16)6-17/h7-8,17H,1-6H2. The van der Waals surface area contributed by atoms with Crippen molar-refractivity contribution < 1.29 is 5.11 Å². The third kappa shape index (κ3) is 2.89. The van der Waals surface area contributed by atoms with Crippen LogP contribution in [0.5, 0.6) is 0 Å². The molecule has 1 aromatic rings. The zero-order valence-electron chi connectivity index (χ0n) is 9.44. The molecule has 2 heterocycles. The van der Waals surface area contributed by atoms with Crippen LogP contribution in [-0.2, 0) is 0 Å². The van der Waals surface area contributed by atoms with E-state index in [-0.39, 0.29) is 12.6 Å². The van der Waals surface area contributed by atoms with Crippen LogP contribution >= 0.6 is 27.5 Å². The van der Waals surface area contributed by atoms with E-state index in [9.17, 15) is 5.11 Å². The molecule has 4 nitrogen and oxygen atoms in total. The highest BCUT2D eigenvalue weighted by Crippen LogP contribution is 2.32. The average molecular weight is 321 g/mol. The maximum Gasteiger partial charge on any atom is 0.148 e. The van der Waals surface area contributed by atoms with E-state index in [4.69, 9.17) is 11.6 Å². The minimum absolute atomic E-state index is 0.125. The number of aromatic nitrogens is 2. The first kappa shape index (κ1) is 13.1. The number of aliphatic hydroxyl groups is 1. The van der Waals surface area contributed by atoms with Crippen LogP contribution < -0.4 is 4.90 Å². The van der Waals surface area contributed by atoms with E-state index in [0.717, 1.165) is 31.6 Å². The van der Waals surface area contributed by atoms with Crippen LogP contribution in [0, 0.1) is 0 Å². The van der Waals surface area contributed by atoms with Crippen molar-refractivity contribution in [2.24, 2.45) is 0 Å². The van der Waals surface area contributed by atoms with Crippen LogP contribution in [0.25, 0.3) is 0 Å². The molecule has 0 radical (unpaired) electrons. The third-order valence-electron chi connectivity index (χ3n) is 3.09. The second kappa shape index (κ2) is 5.98. The van der Waals surface area contributed by atoms with Gasteiger partial charge in [0.2, 0.25) is 0 Å². The number of hydrogen-bond donors (Lipinski definition) is 1. The van der Waals surface area contributed by atoms with Crippen molar-refractivity contribution >= 4 is 33.3 Å². The molecule has 1 fully saturated rings. The molecule has 1 N–H and O–H groups in total. The molecule has 1 unspecified atom stereocenters. The smallest absolute Gasteiger partial charge is 0.148 e. The Bertz CT molecular complexity index is 391. The van der Waals surface area contributed by atoms with Crippen LogP contribution in [0.2, 0.25) is 5.15 Å². The molecule has 1 aliphatic rings. The molecule has 0 amide bonds. The first-order valence-electron chi connectivity index (χ1n) is 5.77. The summed E-state index contributed by atoms with van der Waals surface area (Å²) in [7, 11) is 0. The van der Waals surface area contributed by atoms with E-state index in [0.29, 0.717) is 9.63 Å². The fourth-order valence-electron chi connectivity index (χ4n) is 2.19. The normalized spacial score (nSPS) is 21.4. The summed E-state index contributed by atoms with van der Waals surface area (Å²) in [5, 5.41) is 9.89. The number of hydrogen-bond acceptors (Lipinski definition) is 4. The summed E-state index contributed by atoms with van der Waals surface area (Å²) in [4.78, 5) is 10.3. The van der Waals surface area contributed by atoms with Gasteiger partial charge in [-0.05, 0) is 28.8 Å². The Morgan fingerprint density at radius 3 is 3.00 bits per heavy atom. The van der Waals surface area contributed by atoms with Gasteiger partial charge >= 0.3 is 0 Å². The molecule has 17 heavy (non-hydrogen) atoms. The highest BCUT2D eigenvalue weighted by atomic mass is 79.9. The highest BCUT2D eigenvalue weighted by molar-refractivity contribution is 9.10. The Morgan fingerprint density at radius 1 is 1.41 bits per heavy atom. The van der Waals surface area contributed by atoms with Crippen LogP contribution in [0.4, 0.5) is 5.82 Å². The Hall–Kier alpha value is -0.390. The maximum absolute atomic E-state index is 9.47. The second-order valence-electron chi connectivity index (χ2n) is 4.18. The van der Waals surface area contributed by atoms with Crippen LogP contribution in [0.1, 0.15) is 25.7 Å². The Balaban J connectivity index is 2.31. The van der Waals surface area contributed by atoms with Crippen LogP contribution in [0.15, 0.2) is 10.8 Å². The first-order valence-corrected chi connectivity index (χ1v) is 6.94. The van der Waals surface area contributed by atoms with Crippen molar-refractivity contribution in [2.45, 2.75) is 31.7 Å². The topological polar surface area (TPSA) is 49.2 Å². The zero-order valence-corrected chi connectivity index (χ0v) is 11.8. The Morgan fingerprint density at radius 2 is 2.24 bits per heavy atom. The maximum atomic E-state index is 9.47. The predicted octanol–water partition coefficient (Wildman–Crippen LogP) is 2.63. The van der Waals surface area contributed by atoms with Crippen molar-refractivity contribution in [2.75, 3.05) is 18.1 Å². The minimum Gasteiger partial charge on any atom is -0.394 e. The lowest BCUT2D eigenvalue weighted by molar-refractivity contribution is 0.254. The fourth-order valence-corrected chi connectivity index (χ4v) is 2.75.